The van der Waals surface area contributed by atoms with Crippen LogP contribution < -0.4 is 5.43 Å². The zero-order valence-electron chi connectivity index (χ0n) is 22.8. The first-order valence-electron chi connectivity index (χ1n) is 13.4. The van der Waals surface area contributed by atoms with Gasteiger partial charge in [0.2, 0.25) is 0 Å². The number of aromatic nitrogens is 1. The summed E-state index contributed by atoms with van der Waals surface area (Å²) < 4.78 is 2.08. The molecule has 4 aromatic rings. The van der Waals surface area contributed by atoms with Crippen molar-refractivity contribution in [2.75, 3.05) is 26.2 Å². The fraction of sp³-hybridized carbons (Fsp3) is 0.250. The molecular formula is C32H33Cl2N5O. The monoisotopic (exact) mass is 573 g/mol. The molecule has 0 bridgehead atoms. The first-order valence-corrected chi connectivity index (χ1v) is 14.2. The third kappa shape index (κ3) is 6.83. The molecule has 1 aromatic heterocycles. The summed E-state index contributed by atoms with van der Waals surface area (Å²) in [6, 6.07) is 26.0. The Morgan fingerprint density at radius 1 is 0.825 bits per heavy atom. The second-order valence-corrected chi connectivity index (χ2v) is 11.0. The molecule has 1 amide bonds. The number of hydrazone groups is 1. The second-order valence-electron chi connectivity index (χ2n) is 10.2. The van der Waals surface area contributed by atoms with E-state index in [1.807, 2.05) is 56.3 Å². The van der Waals surface area contributed by atoms with Crippen molar-refractivity contribution >= 4 is 35.3 Å². The van der Waals surface area contributed by atoms with Crippen molar-refractivity contribution in [1.82, 2.24) is 19.8 Å². The van der Waals surface area contributed by atoms with Gasteiger partial charge in [0.25, 0.3) is 5.91 Å². The van der Waals surface area contributed by atoms with Crippen LogP contribution >= 0.6 is 23.2 Å². The van der Waals surface area contributed by atoms with Crippen LogP contribution in [0.1, 0.15) is 38.4 Å². The van der Waals surface area contributed by atoms with Gasteiger partial charge < -0.3 is 4.57 Å². The van der Waals surface area contributed by atoms with Gasteiger partial charge in [-0.2, -0.15) is 5.10 Å². The van der Waals surface area contributed by atoms with E-state index in [1.165, 1.54) is 11.1 Å². The van der Waals surface area contributed by atoms with Crippen LogP contribution in [0.2, 0.25) is 10.0 Å². The van der Waals surface area contributed by atoms with E-state index in [1.54, 1.807) is 12.3 Å². The summed E-state index contributed by atoms with van der Waals surface area (Å²) in [5.74, 6) is -0.240. The third-order valence-corrected chi connectivity index (χ3v) is 8.08. The maximum atomic E-state index is 12.7. The summed E-state index contributed by atoms with van der Waals surface area (Å²) in [7, 11) is 0. The summed E-state index contributed by atoms with van der Waals surface area (Å²) in [5.41, 5.74) is 9.63. The van der Waals surface area contributed by atoms with Gasteiger partial charge in [0.1, 0.15) is 0 Å². The molecule has 1 aliphatic heterocycles. The molecule has 0 aliphatic carbocycles. The van der Waals surface area contributed by atoms with Gasteiger partial charge in [0.05, 0.1) is 16.3 Å². The number of hydrogen-bond donors (Lipinski definition) is 1. The van der Waals surface area contributed by atoms with Gasteiger partial charge in [-0.3, -0.25) is 14.6 Å². The van der Waals surface area contributed by atoms with E-state index in [0.717, 1.165) is 61.9 Å². The minimum atomic E-state index is -0.240. The number of nitrogens with zero attached hydrogens (tertiary/aromatic N) is 4. The highest BCUT2D eigenvalue weighted by Gasteiger charge is 2.17. The quantitative estimate of drug-likeness (QED) is 0.194. The van der Waals surface area contributed by atoms with Crippen molar-refractivity contribution in [3.8, 4) is 5.69 Å². The molecule has 2 heterocycles. The minimum Gasteiger partial charge on any atom is -0.318 e. The summed E-state index contributed by atoms with van der Waals surface area (Å²) in [6.45, 7) is 10.1. The molecule has 40 heavy (non-hydrogen) atoms. The van der Waals surface area contributed by atoms with E-state index >= 15 is 0 Å². The molecule has 1 N–H and O–H groups in total. The number of carbonyl (C=O) groups excluding carboxylic acids is 1. The Kier molecular flexibility index (Phi) is 9.02. The summed E-state index contributed by atoms with van der Waals surface area (Å²) in [6.07, 6.45) is 1.67. The fourth-order valence-electron chi connectivity index (χ4n) is 5.13. The van der Waals surface area contributed by atoms with Crippen molar-refractivity contribution in [2.45, 2.75) is 26.9 Å². The van der Waals surface area contributed by atoms with Crippen LogP contribution in [-0.4, -0.2) is 52.7 Å². The number of amides is 1. The zero-order chi connectivity index (χ0) is 28.1. The van der Waals surface area contributed by atoms with Crippen LogP contribution in [0.3, 0.4) is 0 Å². The van der Waals surface area contributed by atoms with Gasteiger partial charge in [-0.1, -0.05) is 65.7 Å². The molecule has 6 nitrogen and oxygen atoms in total. The third-order valence-electron chi connectivity index (χ3n) is 7.34. The number of nitrogens with one attached hydrogen (secondary N) is 1. The predicted octanol–water partition coefficient (Wildman–Crippen LogP) is 6.48. The van der Waals surface area contributed by atoms with E-state index in [4.69, 9.17) is 23.2 Å². The van der Waals surface area contributed by atoms with Crippen LogP contribution in [0.5, 0.6) is 0 Å². The van der Waals surface area contributed by atoms with E-state index in [0.29, 0.717) is 15.6 Å². The molecule has 0 spiro atoms. The maximum absolute atomic E-state index is 12.7. The summed E-state index contributed by atoms with van der Waals surface area (Å²) in [4.78, 5) is 17.7. The highest BCUT2D eigenvalue weighted by atomic mass is 35.5. The van der Waals surface area contributed by atoms with Crippen molar-refractivity contribution in [3.63, 3.8) is 0 Å². The normalized spacial score (nSPS) is 14.6. The predicted molar refractivity (Wildman–Crippen MR) is 164 cm³/mol. The van der Waals surface area contributed by atoms with Crippen molar-refractivity contribution in [3.05, 3.63) is 123 Å². The lowest BCUT2D eigenvalue weighted by Crippen LogP contribution is -2.45. The molecule has 0 radical (unpaired) electrons. The first kappa shape index (κ1) is 28.1. The molecule has 206 valence electrons. The average molecular weight is 575 g/mol. The molecule has 3 aromatic carbocycles. The van der Waals surface area contributed by atoms with E-state index < -0.39 is 0 Å². The molecule has 8 heteroatoms. The molecule has 0 saturated carbocycles. The number of hydrogen-bond acceptors (Lipinski definition) is 4. The van der Waals surface area contributed by atoms with Gasteiger partial charge in [-0.25, -0.2) is 5.43 Å². The highest BCUT2D eigenvalue weighted by molar-refractivity contribution is 6.42. The Balaban J connectivity index is 1.12. The highest BCUT2D eigenvalue weighted by Crippen LogP contribution is 2.27. The van der Waals surface area contributed by atoms with Crippen LogP contribution in [0.15, 0.2) is 84.0 Å². The minimum absolute atomic E-state index is 0.240. The zero-order valence-corrected chi connectivity index (χ0v) is 24.3. The van der Waals surface area contributed by atoms with Crippen molar-refractivity contribution < 1.29 is 4.79 Å². The lowest BCUT2D eigenvalue weighted by atomic mass is 10.1. The Bertz CT molecular complexity index is 1490. The Hall–Kier alpha value is -3.42. The Morgan fingerprint density at radius 3 is 2.08 bits per heavy atom. The topological polar surface area (TPSA) is 52.9 Å². The van der Waals surface area contributed by atoms with Crippen LogP contribution in [-0.2, 0) is 13.1 Å². The smallest absolute Gasteiger partial charge is 0.271 e. The number of aryl methyl sites for hydroxylation is 1. The van der Waals surface area contributed by atoms with Crippen LogP contribution in [0, 0.1) is 13.8 Å². The standard InChI is InChI=1S/C32H33Cl2N5O/c1-23-18-28(24(2)39(23)29-12-13-30(33)31(34)19-29)20-35-36-32(40)27-10-8-26(9-11-27)22-38-16-14-37(15-17-38)21-25-6-4-3-5-7-25/h3-13,18-20H,14-17,21-22H2,1-2H3,(H,36,40)/b35-20-. The molecule has 5 rings (SSSR count). The van der Waals surface area contributed by atoms with Gasteiger partial charge >= 0.3 is 0 Å². The molecule has 1 fully saturated rings. The fourth-order valence-corrected chi connectivity index (χ4v) is 5.42. The van der Waals surface area contributed by atoms with Gasteiger partial charge in [-0.05, 0) is 61.4 Å². The van der Waals surface area contributed by atoms with Crippen LogP contribution in [0.25, 0.3) is 5.69 Å². The number of benzene rings is 3. The van der Waals surface area contributed by atoms with Gasteiger partial charge in [0.15, 0.2) is 0 Å². The average Bonchev–Trinajstić information content (AvgIpc) is 3.24. The van der Waals surface area contributed by atoms with Gasteiger partial charge in [0, 0.05) is 67.5 Å². The number of halogens is 2. The van der Waals surface area contributed by atoms with Crippen molar-refractivity contribution in [1.29, 1.82) is 0 Å². The Labute approximate surface area is 245 Å². The van der Waals surface area contributed by atoms with E-state index in [-0.39, 0.29) is 5.91 Å². The lowest BCUT2D eigenvalue weighted by Gasteiger charge is -2.34. The van der Waals surface area contributed by atoms with E-state index in [9.17, 15) is 4.79 Å². The molecular weight excluding hydrogens is 541 g/mol. The number of carbonyl (C=O) groups is 1. The van der Waals surface area contributed by atoms with E-state index in [2.05, 4.69) is 55.2 Å². The van der Waals surface area contributed by atoms with Gasteiger partial charge in [-0.15, -0.1) is 0 Å². The lowest BCUT2D eigenvalue weighted by molar-refractivity contribution is 0.0955. The van der Waals surface area contributed by atoms with Crippen molar-refractivity contribution in [2.24, 2.45) is 5.10 Å². The second kappa shape index (κ2) is 12.8. The molecule has 0 atom stereocenters. The SMILES string of the molecule is Cc1cc(/C=N\NC(=O)c2ccc(CN3CCN(Cc4ccccc4)CC3)cc2)c(C)n1-c1ccc(Cl)c(Cl)c1. The Morgan fingerprint density at radius 2 is 1.45 bits per heavy atom. The summed E-state index contributed by atoms with van der Waals surface area (Å²) >= 11 is 12.3. The molecule has 1 aliphatic rings. The number of rotatable bonds is 8. The summed E-state index contributed by atoms with van der Waals surface area (Å²) in [5, 5.41) is 5.23. The molecule has 1 saturated heterocycles. The molecule has 0 unspecified atom stereocenters. The first-order chi connectivity index (χ1) is 19.4. The van der Waals surface area contributed by atoms with Crippen LogP contribution in [0.4, 0.5) is 0 Å². The largest absolute Gasteiger partial charge is 0.318 e. The maximum Gasteiger partial charge on any atom is 0.271 e. The number of piperazine rings is 1.